The van der Waals surface area contributed by atoms with Crippen LogP contribution in [0, 0.1) is 17.8 Å². The first-order valence-corrected chi connectivity index (χ1v) is 16.8. The Labute approximate surface area is 289 Å². The molecule has 0 radical (unpaired) electrons. The number of methoxy groups -OCH3 is 1. The van der Waals surface area contributed by atoms with Crippen molar-refractivity contribution in [2.45, 2.75) is 70.0 Å². The van der Waals surface area contributed by atoms with E-state index in [0.717, 1.165) is 0 Å². The number of benzene rings is 2. The Morgan fingerprint density at radius 1 is 1.04 bits per heavy atom. The second-order valence-electron chi connectivity index (χ2n) is 12.0. The molecule has 12 heteroatoms. The summed E-state index contributed by atoms with van der Waals surface area (Å²) in [5.74, 6) is -3.64. The van der Waals surface area contributed by atoms with Crippen LogP contribution in [0.2, 0.25) is 5.02 Å². The average Bonchev–Trinajstić information content (AvgIpc) is 3.04. The highest BCUT2D eigenvalue weighted by atomic mass is 79.9. The van der Waals surface area contributed by atoms with Gasteiger partial charge in [0, 0.05) is 30.9 Å². The van der Waals surface area contributed by atoms with Crippen LogP contribution in [0.5, 0.6) is 5.75 Å². The van der Waals surface area contributed by atoms with Gasteiger partial charge in [0.25, 0.3) is 0 Å². The third-order valence-corrected chi connectivity index (χ3v) is 9.29. The highest BCUT2D eigenvalue weighted by molar-refractivity contribution is 9.10. The fourth-order valence-electron chi connectivity index (χ4n) is 4.93. The lowest BCUT2D eigenvalue weighted by atomic mass is 9.92. The lowest BCUT2D eigenvalue weighted by molar-refractivity contribution is -0.176. The number of carbonyl (C=O) groups excluding carboxylic acids is 5. The Hall–Kier alpha value is -3.70. The molecule has 2 amide bonds. The molecule has 254 valence electrons. The summed E-state index contributed by atoms with van der Waals surface area (Å²) in [5.41, 5.74) is 1.16. The van der Waals surface area contributed by atoms with E-state index in [4.69, 9.17) is 25.8 Å². The molecule has 47 heavy (non-hydrogen) atoms. The first kappa shape index (κ1) is 37.8. The van der Waals surface area contributed by atoms with Crippen molar-refractivity contribution in [2.24, 2.45) is 17.8 Å². The highest BCUT2D eigenvalue weighted by Gasteiger charge is 2.35. The van der Waals surface area contributed by atoms with Crippen molar-refractivity contribution in [3.05, 3.63) is 76.8 Å². The highest BCUT2D eigenvalue weighted by Crippen LogP contribution is 2.27. The average molecular weight is 734 g/mol. The maximum Gasteiger partial charge on any atom is 0.347 e. The van der Waals surface area contributed by atoms with E-state index >= 15 is 0 Å². The van der Waals surface area contributed by atoms with Crippen LogP contribution in [-0.4, -0.2) is 66.3 Å². The van der Waals surface area contributed by atoms with Gasteiger partial charge in [0.1, 0.15) is 17.9 Å². The Balaban J connectivity index is 1.93. The van der Waals surface area contributed by atoms with E-state index in [9.17, 15) is 24.0 Å². The number of cyclic esters (lactones) is 2. The Morgan fingerprint density at radius 3 is 2.38 bits per heavy atom. The zero-order chi connectivity index (χ0) is 34.7. The lowest BCUT2D eigenvalue weighted by Gasteiger charge is -2.29. The predicted molar refractivity (Wildman–Crippen MR) is 181 cm³/mol. The number of halogens is 2. The maximum atomic E-state index is 13.5. The molecule has 0 unspecified atom stereocenters. The number of ether oxygens (including phenoxy) is 3. The minimum absolute atomic E-state index is 0.0174. The number of hydrogen-bond acceptors (Lipinski definition) is 8. The fraction of sp³-hybridized carbons (Fsp3) is 0.457. The molecule has 0 spiro atoms. The van der Waals surface area contributed by atoms with E-state index in [0.29, 0.717) is 21.9 Å². The van der Waals surface area contributed by atoms with Crippen LogP contribution in [0.1, 0.15) is 56.5 Å². The fourth-order valence-corrected chi connectivity index (χ4v) is 5.82. The van der Waals surface area contributed by atoms with Gasteiger partial charge in [-0.3, -0.25) is 19.2 Å². The molecule has 0 fully saturated rings. The largest absolute Gasteiger partial charge is 0.495 e. The number of rotatable bonds is 9. The summed E-state index contributed by atoms with van der Waals surface area (Å²) in [7, 11) is 1.49. The third kappa shape index (κ3) is 11.2. The molecule has 2 N–H and O–H groups in total. The molecule has 6 atom stereocenters. The van der Waals surface area contributed by atoms with Crippen LogP contribution in [0.3, 0.4) is 0 Å². The smallest absolute Gasteiger partial charge is 0.347 e. The maximum absolute atomic E-state index is 13.5. The molecule has 0 bridgehead atoms. The zero-order valence-electron chi connectivity index (χ0n) is 27.2. The topological polar surface area (TPSA) is 137 Å². The number of carbonyl (C=O) groups is 5. The molecular formula is C35H42BrClN2O8. The molecule has 1 heterocycles. The van der Waals surface area contributed by atoms with Crippen molar-refractivity contribution in [3.63, 3.8) is 0 Å². The van der Waals surface area contributed by atoms with E-state index < -0.39 is 58.7 Å². The molecule has 2 aromatic carbocycles. The predicted octanol–water partition coefficient (Wildman–Crippen LogP) is 5.24. The van der Waals surface area contributed by atoms with Gasteiger partial charge in [-0.05, 0) is 36.1 Å². The molecule has 1 aliphatic heterocycles. The number of nitrogens with one attached hydrogen (secondary N) is 2. The number of hydrogen-bond donors (Lipinski definition) is 2. The van der Waals surface area contributed by atoms with Gasteiger partial charge in [-0.25, -0.2) is 4.79 Å². The van der Waals surface area contributed by atoms with Gasteiger partial charge < -0.3 is 24.8 Å². The standard InChI is InChI=1S/C35H42BrClN2O8/c1-20(2)16-29-35(44)46-27(22(4)31(36)32(41)24-10-7-6-8-11-24)12-9-13-30(40)39-26(33(42)38-19-21(3)34(43)47-29)18-23-14-15-28(45-5)25(37)17-23/h6-11,13-15,17,20-22,26-27,29,31H,12,16,18-19H2,1-5H3,(H,38,42)(H,39,40)/b13-9+/t21-,22+,26-,27+,29+,31-/m1/s1. The van der Waals surface area contributed by atoms with Crippen LogP contribution in [0.15, 0.2) is 60.7 Å². The van der Waals surface area contributed by atoms with Gasteiger partial charge in [-0.1, -0.05) is 97.7 Å². The van der Waals surface area contributed by atoms with Crippen LogP contribution >= 0.6 is 27.5 Å². The van der Waals surface area contributed by atoms with Crippen molar-refractivity contribution in [2.75, 3.05) is 13.7 Å². The van der Waals surface area contributed by atoms with Crippen molar-refractivity contribution in [1.82, 2.24) is 10.6 Å². The summed E-state index contributed by atoms with van der Waals surface area (Å²) >= 11 is 9.79. The molecule has 2 aromatic rings. The molecular weight excluding hydrogens is 692 g/mol. The van der Waals surface area contributed by atoms with Gasteiger partial charge >= 0.3 is 11.9 Å². The third-order valence-electron chi connectivity index (χ3n) is 7.74. The monoisotopic (exact) mass is 732 g/mol. The number of esters is 2. The quantitative estimate of drug-likeness (QED) is 0.203. The van der Waals surface area contributed by atoms with Gasteiger partial charge in [0.2, 0.25) is 11.8 Å². The van der Waals surface area contributed by atoms with Crippen LogP contribution in [0.25, 0.3) is 0 Å². The summed E-state index contributed by atoms with van der Waals surface area (Å²) in [4.78, 5) is 65.5. The van der Waals surface area contributed by atoms with E-state index in [2.05, 4.69) is 26.6 Å². The Kier molecular flexibility index (Phi) is 14.5. The van der Waals surface area contributed by atoms with E-state index in [1.165, 1.54) is 19.3 Å². The molecule has 0 saturated heterocycles. The minimum Gasteiger partial charge on any atom is -0.495 e. The molecule has 3 rings (SSSR count). The summed E-state index contributed by atoms with van der Waals surface area (Å²) < 4.78 is 16.8. The zero-order valence-corrected chi connectivity index (χ0v) is 29.5. The van der Waals surface area contributed by atoms with Crippen molar-refractivity contribution < 1.29 is 38.2 Å². The molecule has 0 saturated carbocycles. The Morgan fingerprint density at radius 2 is 1.74 bits per heavy atom. The molecule has 0 aromatic heterocycles. The second-order valence-corrected chi connectivity index (χ2v) is 13.4. The second kappa shape index (κ2) is 18.0. The van der Waals surface area contributed by atoms with Gasteiger partial charge in [0.15, 0.2) is 11.9 Å². The van der Waals surface area contributed by atoms with Crippen molar-refractivity contribution in [3.8, 4) is 5.75 Å². The first-order valence-electron chi connectivity index (χ1n) is 15.5. The lowest BCUT2D eigenvalue weighted by Crippen LogP contribution is -2.49. The summed E-state index contributed by atoms with van der Waals surface area (Å²) in [5, 5.41) is 5.77. The van der Waals surface area contributed by atoms with Crippen molar-refractivity contribution in [1.29, 1.82) is 0 Å². The first-order chi connectivity index (χ1) is 22.3. The SMILES string of the molecule is COc1ccc(C[C@H]2NC(=O)/C=C/C[C@@H]([C@H](C)[C@@H](Br)C(=O)c3ccccc3)OC(=O)[C@H](CC(C)C)OC(=O)[C@H](C)CNC2=O)cc1Cl. The van der Waals surface area contributed by atoms with E-state index in [1.807, 2.05) is 13.8 Å². The number of amides is 2. The summed E-state index contributed by atoms with van der Waals surface area (Å²) in [6.07, 6.45) is 1.08. The molecule has 1 aliphatic rings. The van der Waals surface area contributed by atoms with E-state index in [-0.39, 0.29) is 37.5 Å². The molecule has 0 aliphatic carbocycles. The van der Waals surface area contributed by atoms with Crippen LogP contribution in [-0.2, 0) is 35.1 Å². The van der Waals surface area contributed by atoms with Crippen LogP contribution < -0.4 is 15.4 Å². The van der Waals surface area contributed by atoms with Gasteiger partial charge in [-0.2, -0.15) is 0 Å². The Bertz CT molecular complexity index is 1450. The normalized spacial score (nSPS) is 23.5. The van der Waals surface area contributed by atoms with Gasteiger partial charge in [0.05, 0.1) is 22.9 Å². The van der Waals surface area contributed by atoms with E-state index in [1.54, 1.807) is 62.4 Å². The summed E-state index contributed by atoms with van der Waals surface area (Å²) in [6.45, 7) is 7.00. The number of alkyl halides is 1. The number of Topliss-reactive ketones (excluding diaryl/α,β-unsaturated/α-hetero) is 1. The summed E-state index contributed by atoms with van der Waals surface area (Å²) in [6, 6.07) is 12.8. The minimum atomic E-state index is -1.21. The van der Waals surface area contributed by atoms with Crippen LogP contribution in [0.4, 0.5) is 0 Å². The van der Waals surface area contributed by atoms with Gasteiger partial charge in [-0.15, -0.1) is 0 Å². The number of ketones is 1. The molecule has 10 nitrogen and oxygen atoms in total. The van der Waals surface area contributed by atoms with Crippen molar-refractivity contribution >= 4 is 57.1 Å².